The molecule has 0 spiro atoms. The first-order chi connectivity index (χ1) is 9.68. The number of β-amino-alcohol motifs (C(OH)–C–C–N with tert-alkyl or cyclic N) is 1. The van der Waals surface area contributed by atoms with Crippen LogP contribution in [0.1, 0.15) is 44.9 Å². The molecule has 0 aliphatic carbocycles. The van der Waals surface area contributed by atoms with Crippen molar-refractivity contribution in [1.82, 2.24) is 15.5 Å². The van der Waals surface area contributed by atoms with Crippen LogP contribution in [0.15, 0.2) is 0 Å². The molecule has 0 aromatic carbocycles. The summed E-state index contributed by atoms with van der Waals surface area (Å²) in [6, 6.07) is 0. The molecule has 0 bridgehead atoms. The fourth-order valence-corrected chi connectivity index (χ4v) is 3.10. The Morgan fingerprint density at radius 1 is 1.15 bits per heavy atom. The molecule has 1 atom stereocenters. The topological polar surface area (TPSA) is 64.6 Å². The molecule has 2 aliphatic heterocycles. The lowest BCUT2D eigenvalue weighted by Crippen LogP contribution is -2.53. The fourth-order valence-electron chi connectivity index (χ4n) is 3.10. The summed E-state index contributed by atoms with van der Waals surface area (Å²) >= 11 is 0. The molecule has 2 rings (SSSR count). The Morgan fingerprint density at radius 3 is 2.50 bits per heavy atom. The summed E-state index contributed by atoms with van der Waals surface area (Å²) in [5.74, 6) is 0.0459. The average Bonchev–Trinajstić information content (AvgIpc) is 2.40. The molecule has 5 nitrogen and oxygen atoms in total. The van der Waals surface area contributed by atoms with Crippen LogP contribution in [-0.2, 0) is 4.79 Å². The van der Waals surface area contributed by atoms with Gasteiger partial charge in [-0.15, -0.1) is 0 Å². The second kappa shape index (κ2) is 7.96. The number of hydrogen-bond acceptors (Lipinski definition) is 4. The molecule has 0 aromatic heterocycles. The van der Waals surface area contributed by atoms with Crippen LogP contribution in [0.5, 0.6) is 0 Å². The molecule has 0 saturated carbocycles. The number of rotatable bonds is 4. The van der Waals surface area contributed by atoms with E-state index in [1.807, 2.05) is 0 Å². The average molecular weight is 283 g/mol. The molecule has 116 valence electrons. The maximum absolute atomic E-state index is 12.0. The Morgan fingerprint density at radius 2 is 1.85 bits per heavy atom. The molecule has 2 saturated heterocycles. The van der Waals surface area contributed by atoms with Gasteiger partial charge in [0.1, 0.15) is 0 Å². The molecule has 2 fully saturated rings. The van der Waals surface area contributed by atoms with Crippen molar-refractivity contribution in [3.05, 3.63) is 0 Å². The van der Waals surface area contributed by atoms with Crippen molar-refractivity contribution in [2.45, 2.75) is 50.5 Å². The Bertz CT molecular complexity index is 295. The van der Waals surface area contributed by atoms with Crippen LogP contribution in [0.3, 0.4) is 0 Å². The first-order valence-electron chi connectivity index (χ1n) is 8.10. The maximum Gasteiger partial charge on any atom is 0.234 e. The number of hydrogen-bond donors (Lipinski definition) is 3. The van der Waals surface area contributed by atoms with Crippen molar-refractivity contribution in [3.8, 4) is 0 Å². The monoisotopic (exact) mass is 283 g/mol. The molecule has 3 N–H and O–H groups in total. The lowest BCUT2D eigenvalue weighted by Gasteiger charge is -2.33. The fraction of sp³-hybridized carbons (Fsp3) is 0.933. The predicted octanol–water partition coefficient (Wildman–Crippen LogP) is 0.483. The zero-order chi connectivity index (χ0) is 14.3. The quantitative estimate of drug-likeness (QED) is 0.702. The minimum Gasteiger partial charge on any atom is -0.387 e. The van der Waals surface area contributed by atoms with E-state index in [-0.39, 0.29) is 5.91 Å². The summed E-state index contributed by atoms with van der Waals surface area (Å²) in [7, 11) is 0. The van der Waals surface area contributed by atoms with E-state index in [0.717, 1.165) is 32.5 Å². The second-order valence-electron chi connectivity index (χ2n) is 6.33. The van der Waals surface area contributed by atoms with Crippen LogP contribution in [-0.4, -0.2) is 60.8 Å². The number of piperidine rings is 1. The molecule has 1 amide bonds. The summed E-state index contributed by atoms with van der Waals surface area (Å²) in [5.41, 5.74) is -0.760. The van der Waals surface area contributed by atoms with Crippen LogP contribution in [0.4, 0.5) is 0 Å². The first-order valence-corrected chi connectivity index (χ1v) is 8.10. The highest BCUT2D eigenvalue weighted by Gasteiger charge is 2.29. The largest absolute Gasteiger partial charge is 0.387 e. The predicted molar refractivity (Wildman–Crippen MR) is 79.6 cm³/mol. The summed E-state index contributed by atoms with van der Waals surface area (Å²) < 4.78 is 0. The molecule has 0 radical (unpaired) electrons. The van der Waals surface area contributed by atoms with E-state index in [2.05, 4.69) is 15.5 Å². The number of nitrogens with zero attached hydrogens (tertiary/aromatic N) is 1. The summed E-state index contributed by atoms with van der Waals surface area (Å²) in [5, 5.41) is 16.4. The number of aliphatic hydroxyl groups is 1. The van der Waals surface area contributed by atoms with Crippen molar-refractivity contribution in [3.63, 3.8) is 0 Å². The van der Waals surface area contributed by atoms with Gasteiger partial charge in [-0.25, -0.2) is 0 Å². The van der Waals surface area contributed by atoms with E-state index >= 15 is 0 Å². The van der Waals surface area contributed by atoms with Gasteiger partial charge in [0.25, 0.3) is 0 Å². The van der Waals surface area contributed by atoms with E-state index < -0.39 is 5.60 Å². The van der Waals surface area contributed by atoms with Crippen LogP contribution >= 0.6 is 0 Å². The molecule has 1 unspecified atom stereocenters. The van der Waals surface area contributed by atoms with Gasteiger partial charge < -0.3 is 15.7 Å². The van der Waals surface area contributed by atoms with Crippen molar-refractivity contribution in [2.75, 3.05) is 39.3 Å². The van der Waals surface area contributed by atoms with E-state index in [4.69, 9.17) is 0 Å². The third kappa shape index (κ3) is 5.38. The lowest BCUT2D eigenvalue weighted by atomic mass is 9.94. The van der Waals surface area contributed by atoms with Crippen LogP contribution in [0, 0.1) is 0 Å². The van der Waals surface area contributed by atoms with Crippen molar-refractivity contribution in [2.24, 2.45) is 0 Å². The van der Waals surface area contributed by atoms with Crippen LogP contribution in [0.2, 0.25) is 0 Å². The minimum atomic E-state index is -0.760. The number of nitrogens with one attached hydrogen (secondary N) is 2. The van der Waals surface area contributed by atoms with Crippen molar-refractivity contribution < 1.29 is 9.90 Å². The molecular formula is C15H29N3O2. The Labute approximate surface area is 122 Å². The van der Waals surface area contributed by atoms with Gasteiger partial charge in [-0.3, -0.25) is 9.69 Å². The van der Waals surface area contributed by atoms with Crippen LogP contribution in [0.25, 0.3) is 0 Å². The molecule has 5 heteroatoms. The Kier molecular flexibility index (Phi) is 6.26. The minimum absolute atomic E-state index is 0.0459. The van der Waals surface area contributed by atoms with Gasteiger partial charge in [-0.05, 0) is 45.3 Å². The summed E-state index contributed by atoms with van der Waals surface area (Å²) in [6.07, 6.45) is 8.03. The van der Waals surface area contributed by atoms with Gasteiger partial charge in [0.2, 0.25) is 5.91 Å². The Balaban J connectivity index is 1.68. The standard InChI is InChI=1S/C15H29N3O2/c19-14(11-18-9-4-2-1-3-5-10-18)17-13-15(20)7-6-8-16-12-15/h16,20H,1-13H2,(H,17,19). The highest BCUT2D eigenvalue weighted by molar-refractivity contribution is 5.78. The summed E-state index contributed by atoms with van der Waals surface area (Å²) in [4.78, 5) is 14.3. The summed E-state index contributed by atoms with van der Waals surface area (Å²) in [6.45, 7) is 4.44. The van der Waals surface area contributed by atoms with Gasteiger partial charge in [0, 0.05) is 13.1 Å². The van der Waals surface area contributed by atoms with Crippen molar-refractivity contribution in [1.29, 1.82) is 0 Å². The highest BCUT2D eigenvalue weighted by Crippen LogP contribution is 2.14. The SMILES string of the molecule is O=C(CN1CCCCCCC1)NCC1(O)CCCNC1. The number of carbonyl (C=O) groups excluding carboxylic acids is 1. The molecule has 0 aromatic rings. The number of carbonyl (C=O) groups is 1. The maximum atomic E-state index is 12.0. The van der Waals surface area contributed by atoms with Gasteiger partial charge in [-0.2, -0.15) is 0 Å². The third-order valence-electron chi connectivity index (χ3n) is 4.38. The Hall–Kier alpha value is -0.650. The molecule has 2 heterocycles. The first kappa shape index (κ1) is 15.7. The van der Waals surface area contributed by atoms with Gasteiger partial charge in [0.05, 0.1) is 12.1 Å². The van der Waals surface area contributed by atoms with E-state index in [9.17, 15) is 9.90 Å². The molecular weight excluding hydrogens is 254 g/mol. The zero-order valence-electron chi connectivity index (χ0n) is 12.5. The second-order valence-corrected chi connectivity index (χ2v) is 6.33. The number of amides is 1. The normalized spacial score (nSPS) is 29.4. The van der Waals surface area contributed by atoms with Gasteiger partial charge >= 0.3 is 0 Å². The van der Waals surface area contributed by atoms with Gasteiger partial charge in [-0.1, -0.05) is 19.3 Å². The smallest absolute Gasteiger partial charge is 0.234 e. The van der Waals surface area contributed by atoms with E-state index in [1.54, 1.807) is 0 Å². The van der Waals surface area contributed by atoms with Crippen LogP contribution < -0.4 is 10.6 Å². The highest BCUT2D eigenvalue weighted by atomic mass is 16.3. The third-order valence-corrected chi connectivity index (χ3v) is 4.38. The number of likely N-dealkylation sites (tertiary alicyclic amines) is 1. The van der Waals surface area contributed by atoms with E-state index in [1.165, 1.54) is 32.1 Å². The van der Waals surface area contributed by atoms with Crippen molar-refractivity contribution >= 4 is 5.91 Å². The molecule has 2 aliphatic rings. The zero-order valence-corrected chi connectivity index (χ0v) is 12.5. The lowest BCUT2D eigenvalue weighted by molar-refractivity contribution is -0.123. The van der Waals surface area contributed by atoms with Gasteiger partial charge in [0.15, 0.2) is 0 Å². The van der Waals surface area contributed by atoms with E-state index in [0.29, 0.717) is 19.6 Å². The molecule has 20 heavy (non-hydrogen) atoms.